The topological polar surface area (TPSA) is 24.5 Å². The summed E-state index contributed by atoms with van der Waals surface area (Å²) in [5.41, 5.74) is 1.32. The molecule has 1 N–H and O–H groups in total. The van der Waals surface area contributed by atoms with Gasteiger partial charge in [-0.15, -0.1) is 0 Å². The summed E-state index contributed by atoms with van der Waals surface area (Å²) < 4.78 is 5.50. The van der Waals surface area contributed by atoms with E-state index in [4.69, 9.17) is 4.74 Å². The normalized spacial score (nSPS) is 20.4. The van der Waals surface area contributed by atoms with Gasteiger partial charge in [0.1, 0.15) is 12.4 Å². The van der Waals surface area contributed by atoms with Gasteiger partial charge in [-0.1, -0.05) is 24.8 Å². The first-order valence-corrected chi connectivity index (χ1v) is 8.15. The number of nitrogens with zero attached hydrogens (tertiary/aromatic N) is 1. The minimum absolute atomic E-state index is 0.567. The fourth-order valence-corrected chi connectivity index (χ4v) is 3.03. The number of piperidine rings is 1. The van der Waals surface area contributed by atoms with Crippen LogP contribution in [0.4, 0.5) is 0 Å². The highest BCUT2D eigenvalue weighted by Gasteiger charge is 2.31. The molecule has 1 heterocycles. The first-order valence-electron chi connectivity index (χ1n) is 8.15. The second-order valence-corrected chi connectivity index (χ2v) is 6.17. The Hall–Kier alpha value is -1.32. The molecule has 1 aliphatic heterocycles. The molecule has 0 aromatic heterocycles. The summed E-state index contributed by atoms with van der Waals surface area (Å²) in [7, 11) is 0. The molecule has 0 atom stereocenters. The minimum atomic E-state index is 0.567. The van der Waals surface area contributed by atoms with Gasteiger partial charge in [-0.05, 0) is 56.5 Å². The summed E-state index contributed by atoms with van der Waals surface area (Å²) >= 11 is 0. The maximum atomic E-state index is 5.50. The molecular formula is C18H26N2O. The molecule has 1 aromatic rings. The predicted octanol–water partition coefficient (Wildman–Crippen LogP) is 2.97. The van der Waals surface area contributed by atoms with E-state index in [9.17, 15) is 0 Å². The highest BCUT2D eigenvalue weighted by atomic mass is 16.5. The lowest BCUT2D eigenvalue weighted by Crippen LogP contribution is -2.43. The van der Waals surface area contributed by atoms with Gasteiger partial charge in [0.05, 0.1) is 0 Å². The van der Waals surface area contributed by atoms with Crippen LogP contribution in [-0.4, -0.2) is 36.7 Å². The van der Waals surface area contributed by atoms with E-state index in [1.807, 2.05) is 12.1 Å². The molecule has 0 bridgehead atoms. The van der Waals surface area contributed by atoms with Crippen LogP contribution in [0.2, 0.25) is 0 Å². The first-order chi connectivity index (χ1) is 10.3. The lowest BCUT2D eigenvalue weighted by atomic mass is 10.0. The van der Waals surface area contributed by atoms with Crippen LogP contribution >= 0.6 is 0 Å². The van der Waals surface area contributed by atoms with E-state index in [1.165, 1.54) is 44.3 Å². The van der Waals surface area contributed by atoms with Crippen LogP contribution < -0.4 is 10.1 Å². The second kappa shape index (κ2) is 7.10. The smallest absolute Gasteiger partial charge is 0.119 e. The molecule has 2 aliphatic rings. The van der Waals surface area contributed by atoms with E-state index in [-0.39, 0.29) is 0 Å². The summed E-state index contributed by atoms with van der Waals surface area (Å²) in [6, 6.07) is 9.97. The number of ether oxygens (including phenoxy) is 1. The fraction of sp³-hybridized carbons (Fsp3) is 0.556. The van der Waals surface area contributed by atoms with Crippen molar-refractivity contribution in [1.29, 1.82) is 0 Å². The van der Waals surface area contributed by atoms with E-state index in [2.05, 4.69) is 28.9 Å². The van der Waals surface area contributed by atoms with Crippen molar-refractivity contribution in [2.24, 2.45) is 0 Å². The van der Waals surface area contributed by atoms with E-state index < -0.39 is 0 Å². The maximum Gasteiger partial charge on any atom is 0.119 e. The monoisotopic (exact) mass is 286 g/mol. The van der Waals surface area contributed by atoms with Crippen LogP contribution in [0, 0.1) is 0 Å². The summed E-state index contributed by atoms with van der Waals surface area (Å²) in [6.07, 6.45) is 7.20. The number of likely N-dealkylation sites (tertiary alicyclic amines) is 1. The molecule has 1 saturated carbocycles. The van der Waals surface area contributed by atoms with Gasteiger partial charge in [-0.25, -0.2) is 0 Å². The number of hydrogen-bond acceptors (Lipinski definition) is 3. The number of hydrogen-bond donors (Lipinski definition) is 1. The van der Waals surface area contributed by atoms with E-state index in [0.717, 1.165) is 18.3 Å². The average Bonchev–Trinajstić information content (AvgIpc) is 3.37. The van der Waals surface area contributed by atoms with Gasteiger partial charge in [-0.3, -0.25) is 0 Å². The van der Waals surface area contributed by atoms with Gasteiger partial charge in [0.15, 0.2) is 0 Å². The SMILES string of the molecule is C=CCOc1ccc(CNC2CCN(C3CC3)CC2)cc1. The molecule has 3 nitrogen and oxygen atoms in total. The quantitative estimate of drug-likeness (QED) is 0.780. The molecule has 0 amide bonds. The van der Waals surface area contributed by atoms with Gasteiger partial charge in [0.25, 0.3) is 0 Å². The number of nitrogens with one attached hydrogen (secondary N) is 1. The summed E-state index contributed by atoms with van der Waals surface area (Å²) in [5.74, 6) is 0.913. The molecule has 21 heavy (non-hydrogen) atoms. The van der Waals surface area contributed by atoms with Crippen molar-refractivity contribution in [3.8, 4) is 5.75 Å². The highest BCUT2D eigenvalue weighted by molar-refractivity contribution is 5.27. The zero-order valence-corrected chi connectivity index (χ0v) is 12.8. The average molecular weight is 286 g/mol. The Labute approximate surface area is 128 Å². The summed E-state index contributed by atoms with van der Waals surface area (Å²) in [4.78, 5) is 2.67. The van der Waals surface area contributed by atoms with Gasteiger partial charge < -0.3 is 15.0 Å². The fourth-order valence-electron chi connectivity index (χ4n) is 3.03. The van der Waals surface area contributed by atoms with E-state index in [1.54, 1.807) is 6.08 Å². The molecule has 114 valence electrons. The van der Waals surface area contributed by atoms with Crippen molar-refractivity contribution >= 4 is 0 Å². The Morgan fingerprint density at radius 3 is 2.48 bits per heavy atom. The second-order valence-electron chi connectivity index (χ2n) is 6.17. The molecule has 0 unspecified atom stereocenters. The molecule has 0 radical (unpaired) electrons. The Bertz CT molecular complexity index is 445. The molecule has 3 heteroatoms. The van der Waals surface area contributed by atoms with E-state index in [0.29, 0.717) is 12.6 Å². The third-order valence-electron chi connectivity index (χ3n) is 4.48. The molecule has 1 saturated heterocycles. The Morgan fingerprint density at radius 1 is 1.14 bits per heavy atom. The van der Waals surface area contributed by atoms with Crippen molar-refractivity contribution in [3.05, 3.63) is 42.5 Å². The lowest BCUT2D eigenvalue weighted by Gasteiger charge is -2.32. The van der Waals surface area contributed by atoms with Gasteiger partial charge in [0.2, 0.25) is 0 Å². The number of rotatable bonds is 7. The van der Waals surface area contributed by atoms with Crippen molar-refractivity contribution in [1.82, 2.24) is 10.2 Å². The molecule has 1 aliphatic carbocycles. The lowest BCUT2D eigenvalue weighted by molar-refractivity contribution is 0.189. The molecule has 2 fully saturated rings. The van der Waals surface area contributed by atoms with Crippen LogP contribution in [0.3, 0.4) is 0 Å². The third kappa shape index (κ3) is 4.32. The van der Waals surface area contributed by atoms with Crippen molar-refractivity contribution < 1.29 is 4.74 Å². The van der Waals surface area contributed by atoms with Crippen LogP contribution in [0.25, 0.3) is 0 Å². The Balaban J connectivity index is 1.39. The van der Waals surface area contributed by atoms with Crippen LogP contribution in [0.5, 0.6) is 5.75 Å². The van der Waals surface area contributed by atoms with Crippen molar-refractivity contribution in [2.75, 3.05) is 19.7 Å². The summed E-state index contributed by atoms with van der Waals surface area (Å²) in [5, 5.41) is 3.70. The van der Waals surface area contributed by atoms with Crippen molar-refractivity contribution in [3.63, 3.8) is 0 Å². The summed E-state index contributed by atoms with van der Waals surface area (Å²) in [6.45, 7) is 7.73. The van der Waals surface area contributed by atoms with Crippen molar-refractivity contribution in [2.45, 2.75) is 44.3 Å². The Kier molecular flexibility index (Phi) is 4.94. The Morgan fingerprint density at radius 2 is 1.86 bits per heavy atom. The largest absolute Gasteiger partial charge is 0.490 e. The third-order valence-corrected chi connectivity index (χ3v) is 4.48. The van der Waals surface area contributed by atoms with Gasteiger partial charge >= 0.3 is 0 Å². The molecule has 0 spiro atoms. The highest BCUT2D eigenvalue weighted by Crippen LogP contribution is 2.29. The van der Waals surface area contributed by atoms with Crippen LogP contribution in [0.1, 0.15) is 31.2 Å². The van der Waals surface area contributed by atoms with Crippen LogP contribution in [-0.2, 0) is 6.54 Å². The van der Waals surface area contributed by atoms with E-state index >= 15 is 0 Å². The standard InChI is InChI=1S/C18H26N2O/c1-2-13-21-18-7-3-15(4-8-18)14-19-16-9-11-20(12-10-16)17-5-6-17/h2-4,7-8,16-17,19H,1,5-6,9-14H2. The van der Waals surface area contributed by atoms with Crippen LogP contribution in [0.15, 0.2) is 36.9 Å². The molecule has 1 aromatic carbocycles. The predicted molar refractivity (Wildman–Crippen MR) is 86.6 cm³/mol. The van der Waals surface area contributed by atoms with Gasteiger partial charge in [-0.2, -0.15) is 0 Å². The zero-order chi connectivity index (χ0) is 14.5. The molecular weight excluding hydrogens is 260 g/mol. The first kappa shape index (κ1) is 14.6. The molecule has 3 rings (SSSR count). The van der Waals surface area contributed by atoms with Gasteiger partial charge in [0, 0.05) is 18.6 Å². The zero-order valence-electron chi connectivity index (χ0n) is 12.8. The minimum Gasteiger partial charge on any atom is -0.490 e. The number of benzene rings is 1. The maximum absolute atomic E-state index is 5.50.